The second-order valence-electron chi connectivity index (χ2n) is 3.30. The van der Waals surface area contributed by atoms with E-state index in [1.165, 1.54) is 0 Å². The highest BCUT2D eigenvalue weighted by atomic mass is 16.3. The Morgan fingerprint density at radius 1 is 1.14 bits per heavy atom. The molecule has 0 saturated carbocycles. The van der Waals surface area contributed by atoms with Crippen molar-refractivity contribution < 1.29 is 5.11 Å². The Kier molecular flexibility index (Phi) is 3.99. The molecule has 74 valence electrons. The molecule has 0 fully saturated rings. The standard InChI is InChI=1S/C13H16O/c1-3-7-11(8-4-2)12-9-5-6-10-13(12)14/h3-6,9-11,14H,1-2,7-8H2. The Bertz CT molecular complexity index is 305. The van der Waals surface area contributed by atoms with Gasteiger partial charge in [0.2, 0.25) is 0 Å². The van der Waals surface area contributed by atoms with Gasteiger partial charge in [0.1, 0.15) is 5.75 Å². The van der Waals surface area contributed by atoms with Crippen LogP contribution in [0.5, 0.6) is 5.75 Å². The van der Waals surface area contributed by atoms with Crippen LogP contribution in [0.2, 0.25) is 0 Å². The molecule has 0 aromatic heterocycles. The van der Waals surface area contributed by atoms with Crippen molar-refractivity contribution in [2.24, 2.45) is 0 Å². The SMILES string of the molecule is C=CCC(CC=C)c1ccccc1O. The summed E-state index contributed by atoms with van der Waals surface area (Å²) in [4.78, 5) is 0. The van der Waals surface area contributed by atoms with Crippen LogP contribution in [-0.4, -0.2) is 5.11 Å². The third kappa shape index (κ3) is 2.49. The van der Waals surface area contributed by atoms with Gasteiger partial charge >= 0.3 is 0 Å². The lowest BCUT2D eigenvalue weighted by Crippen LogP contribution is -1.96. The van der Waals surface area contributed by atoms with Crippen LogP contribution in [0.3, 0.4) is 0 Å². The molecule has 0 radical (unpaired) electrons. The van der Waals surface area contributed by atoms with Gasteiger partial charge in [-0.25, -0.2) is 0 Å². The summed E-state index contributed by atoms with van der Waals surface area (Å²) < 4.78 is 0. The van der Waals surface area contributed by atoms with Crippen LogP contribution in [-0.2, 0) is 0 Å². The first kappa shape index (κ1) is 10.6. The maximum atomic E-state index is 9.67. The molecule has 0 heterocycles. The van der Waals surface area contributed by atoms with E-state index in [9.17, 15) is 5.11 Å². The predicted octanol–water partition coefficient (Wildman–Crippen LogP) is 3.63. The molecule has 14 heavy (non-hydrogen) atoms. The normalized spacial score (nSPS) is 10.1. The number of aromatic hydroxyl groups is 1. The van der Waals surface area contributed by atoms with E-state index in [1.807, 2.05) is 30.4 Å². The highest BCUT2D eigenvalue weighted by Gasteiger charge is 2.11. The zero-order chi connectivity index (χ0) is 10.4. The number of rotatable bonds is 5. The number of hydrogen-bond acceptors (Lipinski definition) is 1. The lowest BCUT2D eigenvalue weighted by Gasteiger charge is -2.14. The van der Waals surface area contributed by atoms with Gasteiger partial charge in [-0.3, -0.25) is 0 Å². The first-order valence-electron chi connectivity index (χ1n) is 4.79. The van der Waals surface area contributed by atoms with E-state index in [-0.39, 0.29) is 0 Å². The molecule has 0 amide bonds. The summed E-state index contributed by atoms with van der Waals surface area (Å²) in [5, 5.41) is 9.67. The van der Waals surface area contributed by atoms with Gasteiger partial charge in [-0.05, 0) is 30.4 Å². The monoisotopic (exact) mass is 188 g/mol. The minimum Gasteiger partial charge on any atom is -0.508 e. The van der Waals surface area contributed by atoms with E-state index < -0.39 is 0 Å². The third-order valence-corrected chi connectivity index (χ3v) is 2.28. The predicted molar refractivity (Wildman–Crippen MR) is 60.5 cm³/mol. The van der Waals surface area contributed by atoms with Crippen LogP contribution in [0, 0.1) is 0 Å². The number of phenols is 1. The number of hydrogen-bond donors (Lipinski definition) is 1. The van der Waals surface area contributed by atoms with Crippen molar-refractivity contribution in [2.75, 3.05) is 0 Å². The molecule has 0 saturated heterocycles. The summed E-state index contributed by atoms with van der Waals surface area (Å²) in [7, 11) is 0. The number of benzene rings is 1. The Morgan fingerprint density at radius 2 is 1.71 bits per heavy atom. The smallest absolute Gasteiger partial charge is 0.119 e. The highest BCUT2D eigenvalue weighted by Crippen LogP contribution is 2.30. The van der Waals surface area contributed by atoms with Gasteiger partial charge in [0, 0.05) is 0 Å². The molecule has 0 aliphatic carbocycles. The lowest BCUT2D eigenvalue weighted by molar-refractivity contribution is 0.461. The minimum atomic E-state index is 0.297. The summed E-state index contributed by atoms with van der Waals surface area (Å²) >= 11 is 0. The summed E-state index contributed by atoms with van der Waals surface area (Å²) in [5.41, 5.74) is 0.979. The average molecular weight is 188 g/mol. The van der Waals surface area contributed by atoms with Gasteiger partial charge < -0.3 is 5.11 Å². The zero-order valence-corrected chi connectivity index (χ0v) is 8.32. The van der Waals surface area contributed by atoms with Gasteiger partial charge in [0.15, 0.2) is 0 Å². The molecule has 1 heteroatoms. The fourth-order valence-corrected chi connectivity index (χ4v) is 1.59. The van der Waals surface area contributed by atoms with Gasteiger partial charge in [-0.2, -0.15) is 0 Å². The van der Waals surface area contributed by atoms with Gasteiger partial charge in [-0.1, -0.05) is 30.4 Å². The molecule has 1 aromatic rings. The summed E-state index contributed by atoms with van der Waals surface area (Å²) in [5.74, 6) is 0.660. The first-order chi connectivity index (χ1) is 6.79. The van der Waals surface area contributed by atoms with E-state index in [1.54, 1.807) is 6.07 Å². The highest BCUT2D eigenvalue weighted by molar-refractivity contribution is 5.35. The van der Waals surface area contributed by atoms with Crippen molar-refractivity contribution in [3.63, 3.8) is 0 Å². The number of para-hydroxylation sites is 1. The minimum absolute atomic E-state index is 0.297. The van der Waals surface area contributed by atoms with Crippen molar-refractivity contribution in [1.82, 2.24) is 0 Å². The molecule has 0 bridgehead atoms. The maximum Gasteiger partial charge on any atom is 0.119 e. The molecule has 1 N–H and O–H groups in total. The molecule has 0 aliphatic rings. The van der Waals surface area contributed by atoms with Crippen LogP contribution in [0.15, 0.2) is 49.6 Å². The largest absolute Gasteiger partial charge is 0.508 e. The van der Waals surface area contributed by atoms with E-state index in [2.05, 4.69) is 13.2 Å². The van der Waals surface area contributed by atoms with E-state index in [4.69, 9.17) is 0 Å². The first-order valence-corrected chi connectivity index (χ1v) is 4.79. The Hall–Kier alpha value is -1.50. The molecule has 1 aromatic carbocycles. The molecular formula is C13H16O. The second kappa shape index (κ2) is 5.28. The van der Waals surface area contributed by atoms with Crippen LogP contribution < -0.4 is 0 Å². The second-order valence-corrected chi connectivity index (χ2v) is 3.30. The number of allylic oxidation sites excluding steroid dienone is 2. The summed E-state index contributed by atoms with van der Waals surface area (Å²) in [6.45, 7) is 7.44. The van der Waals surface area contributed by atoms with Crippen molar-refractivity contribution >= 4 is 0 Å². The lowest BCUT2D eigenvalue weighted by atomic mass is 9.92. The fourth-order valence-electron chi connectivity index (χ4n) is 1.59. The van der Waals surface area contributed by atoms with Crippen LogP contribution in [0.25, 0.3) is 0 Å². The van der Waals surface area contributed by atoms with Crippen molar-refractivity contribution in [3.8, 4) is 5.75 Å². The van der Waals surface area contributed by atoms with E-state index >= 15 is 0 Å². The molecule has 1 nitrogen and oxygen atoms in total. The Labute approximate surface area is 85.4 Å². The third-order valence-electron chi connectivity index (χ3n) is 2.28. The Morgan fingerprint density at radius 3 is 2.21 bits per heavy atom. The van der Waals surface area contributed by atoms with Crippen LogP contribution in [0.4, 0.5) is 0 Å². The van der Waals surface area contributed by atoms with Crippen LogP contribution in [0.1, 0.15) is 24.3 Å². The van der Waals surface area contributed by atoms with E-state index in [0.717, 1.165) is 18.4 Å². The summed E-state index contributed by atoms with van der Waals surface area (Å²) in [6.07, 6.45) is 5.48. The van der Waals surface area contributed by atoms with Gasteiger partial charge in [0.05, 0.1) is 0 Å². The topological polar surface area (TPSA) is 20.2 Å². The maximum absolute atomic E-state index is 9.67. The summed E-state index contributed by atoms with van der Waals surface area (Å²) in [6, 6.07) is 7.44. The van der Waals surface area contributed by atoms with E-state index in [0.29, 0.717) is 11.7 Å². The quantitative estimate of drug-likeness (QED) is 0.699. The van der Waals surface area contributed by atoms with Crippen molar-refractivity contribution in [1.29, 1.82) is 0 Å². The molecular weight excluding hydrogens is 172 g/mol. The number of phenolic OH excluding ortho intramolecular Hbond substituents is 1. The fraction of sp³-hybridized carbons (Fsp3) is 0.231. The molecule has 0 spiro atoms. The molecule has 0 aliphatic heterocycles. The Balaban J connectivity index is 2.91. The van der Waals surface area contributed by atoms with Crippen LogP contribution >= 0.6 is 0 Å². The molecule has 1 rings (SSSR count). The molecule has 0 atom stereocenters. The molecule has 0 unspecified atom stereocenters. The van der Waals surface area contributed by atoms with Gasteiger partial charge in [-0.15, -0.1) is 13.2 Å². The van der Waals surface area contributed by atoms with Crippen molar-refractivity contribution in [2.45, 2.75) is 18.8 Å². The van der Waals surface area contributed by atoms with Crippen molar-refractivity contribution in [3.05, 3.63) is 55.1 Å². The zero-order valence-electron chi connectivity index (χ0n) is 8.32. The average Bonchev–Trinajstić information content (AvgIpc) is 2.18. The van der Waals surface area contributed by atoms with Gasteiger partial charge in [0.25, 0.3) is 0 Å².